The van der Waals surface area contributed by atoms with Crippen LogP contribution in [-0.4, -0.2) is 83.1 Å². The first-order valence-corrected chi connectivity index (χ1v) is 15.3. The van der Waals surface area contributed by atoms with Crippen LogP contribution in [0.3, 0.4) is 0 Å². The predicted molar refractivity (Wildman–Crippen MR) is 170 cm³/mol. The van der Waals surface area contributed by atoms with Gasteiger partial charge in [0.05, 0.1) is 13.7 Å². The Kier molecular flexibility index (Phi) is 13.4. The second-order valence-corrected chi connectivity index (χ2v) is 12.8. The summed E-state index contributed by atoms with van der Waals surface area (Å²) in [6.07, 6.45) is -0.0478. The SMILES string of the molecule is CC.CF.Cc1cc(Cl)ccc1SN1CC(NC(=O)NC(C)(C)C)C(=O)N2C(Cc3ccc(Cl)cc3)C(=O)N(C)CC12. The lowest BCUT2D eigenvalue weighted by atomic mass is 9.97. The molecule has 2 aliphatic rings. The maximum absolute atomic E-state index is 13.9. The average Bonchev–Trinajstić information content (AvgIpc) is 2.93. The molecule has 0 saturated carbocycles. The van der Waals surface area contributed by atoms with E-state index in [0.717, 1.165) is 16.0 Å². The van der Waals surface area contributed by atoms with Crippen LogP contribution in [-0.2, 0) is 16.0 Å². The Hall–Kier alpha value is -2.53. The number of rotatable bonds is 5. The van der Waals surface area contributed by atoms with E-state index in [-0.39, 0.29) is 24.5 Å². The second kappa shape index (κ2) is 15.8. The molecule has 3 unspecified atom stereocenters. The molecule has 2 N–H and O–H groups in total. The Morgan fingerprint density at radius 2 is 1.60 bits per heavy atom. The van der Waals surface area contributed by atoms with Crippen LogP contribution < -0.4 is 10.6 Å². The number of likely N-dealkylation sites (N-methyl/N-ethyl adjacent to an activating group) is 1. The van der Waals surface area contributed by atoms with Crippen molar-refractivity contribution in [3.8, 4) is 0 Å². The topological polar surface area (TPSA) is 85.0 Å². The summed E-state index contributed by atoms with van der Waals surface area (Å²) >= 11 is 13.7. The van der Waals surface area contributed by atoms with Crippen LogP contribution in [0.1, 0.15) is 45.7 Å². The lowest BCUT2D eigenvalue weighted by molar-refractivity contribution is -0.165. The molecule has 0 aromatic heterocycles. The Morgan fingerprint density at radius 3 is 2.17 bits per heavy atom. The van der Waals surface area contributed by atoms with E-state index in [0.29, 0.717) is 30.2 Å². The summed E-state index contributed by atoms with van der Waals surface area (Å²) in [5, 5.41) is 6.96. The van der Waals surface area contributed by atoms with Gasteiger partial charge in [0.1, 0.15) is 18.2 Å². The van der Waals surface area contributed by atoms with Gasteiger partial charge >= 0.3 is 6.03 Å². The minimum Gasteiger partial charge on any atom is -0.340 e. The molecular formula is C30H42Cl2FN5O3S. The summed E-state index contributed by atoms with van der Waals surface area (Å²) in [7, 11) is 2.26. The van der Waals surface area contributed by atoms with Gasteiger partial charge in [-0.1, -0.05) is 49.2 Å². The Bertz CT molecular complexity index is 1230. The normalized spacial score (nSPS) is 20.5. The standard InChI is InChI=1S/C27H33Cl2N5O3S.C2H6.CH3F/c1-16-12-19(29)10-11-22(16)38-33-14-20(30-26(37)31-27(2,3)4)24(35)34-21(25(36)32(5)15-23(33)34)13-17-6-8-18(28)9-7-17;2*1-2/h6-12,20-21,23H,13-15H2,1-5H3,(H2,30,31,37);1-2H3;1H3. The van der Waals surface area contributed by atoms with Crippen LogP contribution in [0, 0.1) is 6.92 Å². The van der Waals surface area contributed by atoms with Crippen LogP contribution in [0.15, 0.2) is 47.4 Å². The molecule has 8 nitrogen and oxygen atoms in total. The van der Waals surface area contributed by atoms with Crippen molar-refractivity contribution >= 4 is 53.0 Å². The van der Waals surface area contributed by atoms with Crippen molar-refractivity contribution in [1.82, 2.24) is 24.7 Å². The van der Waals surface area contributed by atoms with Gasteiger partial charge in [0.25, 0.3) is 0 Å². The molecule has 2 aromatic rings. The molecule has 2 aromatic carbocycles. The van der Waals surface area contributed by atoms with Crippen LogP contribution in [0.2, 0.25) is 10.0 Å². The minimum absolute atomic E-state index is 0.142. The predicted octanol–water partition coefficient (Wildman–Crippen LogP) is 5.94. The van der Waals surface area contributed by atoms with Crippen LogP contribution >= 0.6 is 35.1 Å². The largest absolute Gasteiger partial charge is 0.340 e. The number of carbonyl (C=O) groups is 3. The van der Waals surface area contributed by atoms with Crippen molar-refractivity contribution in [2.75, 3.05) is 27.3 Å². The fraction of sp³-hybridized carbons (Fsp3) is 0.500. The monoisotopic (exact) mass is 641 g/mol. The summed E-state index contributed by atoms with van der Waals surface area (Å²) in [4.78, 5) is 44.5. The van der Waals surface area contributed by atoms with Gasteiger partial charge in [-0.25, -0.2) is 9.10 Å². The lowest BCUT2D eigenvalue weighted by Gasteiger charge is -2.53. The smallest absolute Gasteiger partial charge is 0.315 e. The van der Waals surface area contributed by atoms with Gasteiger partial charge in [-0.15, -0.1) is 0 Å². The Balaban J connectivity index is 0.00000148. The van der Waals surface area contributed by atoms with Gasteiger partial charge in [0.15, 0.2) is 0 Å². The number of benzene rings is 2. The lowest BCUT2D eigenvalue weighted by Crippen LogP contribution is -2.74. The summed E-state index contributed by atoms with van der Waals surface area (Å²) in [6, 6.07) is 10.9. The van der Waals surface area contributed by atoms with E-state index >= 15 is 0 Å². The molecule has 232 valence electrons. The second-order valence-electron chi connectivity index (χ2n) is 10.8. The Labute approximate surface area is 263 Å². The minimum atomic E-state index is -0.836. The van der Waals surface area contributed by atoms with E-state index in [1.54, 1.807) is 29.0 Å². The summed E-state index contributed by atoms with van der Waals surface area (Å²) in [5.74, 6) is -0.416. The zero-order chi connectivity index (χ0) is 31.8. The van der Waals surface area contributed by atoms with E-state index in [2.05, 4.69) is 14.9 Å². The van der Waals surface area contributed by atoms with Gasteiger partial charge in [0, 0.05) is 40.5 Å². The molecule has 42 heavy (non-hydrogen) atoms. The molecule has 4 rings (SSSR count). The third-order valence-electron chi connectivity index (χ3n) is 6.49. The van der Waals surface area contributed by atoms with Gasteiger partial charge in [-0.2, -0.15) is 0 Å². The molecule has 2 saturated heterocycles. The maximum atomic E-state index is 13.9. The molecule has 2 aliphatic heterocycles. The van der Waals surface area contributed by atoms with E-state index in [1.165, 1.54) is 11.9 Å². The number of alkyl halides is 1. The number of fused-ring (bicyclic) bond motifs is 1. The van der Waals surface area contributed by atoms with Crippen molar-refractivity contribution in [2.45, 2.75) is 76.6 Å². The van der Waals surface area contributed by atoms with E-state index in [4.69, 9.17) is 23.2 Å². The zero-order valence-electron chi connectivity index (χ0n) is 25.5. The van der Waals surface area contributed by atoms with Crippen LogP contribution in [0.5, 0.6) is 0 Å². The maximum Gasteiger partial charge on any atom is 0.315 e. The molecule has 12 heteroatoms. The summed E-state index contributed by atoms with van der Waals surface area (Å²) < 4.78 is 11.6. The highest BCUT2D eigenvalue weighted by Gasteiger charge is 2.50. The fourth-order valence-corrected chi connectivity index (χ4v) is 6.16. The molecule has 2 heterocycles. The fourth-order valence-electron chi connectivity index (χ4n) is 4.71. The summed E-state index contributed by atoms with van der Waals surface area (Å²) in [6.45, 7) is 12.2. The van der Waals surface area contributed by atoms with Crippen molar-refractivity contribution in [1.29, 1.82) is 0 Å². The van der Waals surface area contributed by atoms with Crippen molar-refractivity contribution in [3.63, 3.8) is 0 Å². The first-order chi connectivity index (χ1) is 19.8. The third-order valence-corrected chi connectivity index (χ3v) is 8.26. The number of amides is 4. The molecule has 0 bridgehead atoms. The molecule has 0 spiro atoms. The highest BCUT2D eigenvalue weighted by atomic mass is 35.5. The van der Waals surface area contributed by atoms with Crippen LogP contribution in [0.4, 0.5) is 9.18 Å². The number of urea groups is 1. The number of halogens is 3. The first kappa shape index (κ1) is 35.7. The molecule has 2 fully saturated rings. The molecule has 3 atom stereocenters. The first-order valence-electron chi connectivity index (χ1n) is 13.8. The number of carbonyl (C=O) groups excluding carboxylic acids is 3. The van der Waals surface area contributed by atoms with Gasteiger partial charge in [-0.05, 0) is 81.1 Å². The van der Waals surface area contributed by atoms with Crippen molar-refractivity contribution < 1.29 is 18.8 Å². The average molecular weight is 643 g/mol. The highest BCUT2D eigenvalue weighted by molar-refractivity contribution is 7.97. The van der Waals surface area contributed by atoms with Crippen LogP contribution in [0.25, 0.3) is 0 Å². The molecule has 4 amide bonds. The quantitative estimate of drug-likeness (QED) is 0.395. The number of nitrogens with one attached hydrogen (secondary N) is 2. The number of aryl methyl sites for hydroxylation is 1. The summed E-state index contributed by atoms with van der Waals surface area (Å²) in [5.41, 5.74) is 1.42. The van der Waals surface area contributed by atoms with Crippen molar-refractivity contribution in [2.24, 2.45) is 0 Å². The van der Waals surface area contributed by atoms with E-state index < -0.39 is 23.7 Å². The number of piperazine rings is 1. The highest BCUT2D eigenvalue weighted by Crippen LogP contribution is 2.36. The number of hydrogen-bond acceptors (Lipinski definition) is 5. The molecule has 0 radical (unpaired) electrons. The van der Waals surface area contributed by atoms with E-state index in [1.807, 2.05) is 71.9 Å². The molecular weight excluding hydrogens is 600 g/mol. The van der Waals surface area contributed by atoms with Gasteiger partial charge in [-0.3, -0.25) is 14.0 Å². The number of nitrogens with zero attached hydrogens (tertiary/aromatic N) is 3. The van der Waals surface area contributed by atoms with Crippen molar-refractivity contribution in [3.05, 3.63) is 63.6 Å². The van der Waals surface area contributed by atoms with Gasteiger partial charge in [0.2, 0.25) is 11.8 Å². The third kappa shape index (κ3) is 9.23. The molecule has 0 aliphatic carbocycles. The van der Waals surface area contributed by atoms with E-state index in [9.17, 15) is 18.8 Å². The van der Waals surface area contributed by atoms with Gasteiger partial charge < -0.3 is 20.4 Å². The Morgan fingerprint density at radius 1 is 1.00 bits per heavy atom. The number of hydrogen-bond donors (Lipinski definition) is 2. The zero-order valence-corrected chi connectivity index (χ0v) is 27.8.